The average Bonchev–Trinajstić information content (AvgIpc) is 2.73. The number of ether oxygens (including phenoxy) is 3. The third-order valence-corrected chi connectivity index (χ3v) is 5.52. The highest BCUT2D eigenvalue weighted by molar-refractivity contribution is 6.00. The molecule has 1 amide bonds. The van der Waals surface area contributed by atoms with E-state index in [1.165, 1.54) is 7.11 Å². The normalized spacial score (nSPS) is 20.8. The number of amides is 1. The molecule has 2 atom stereocenters. The Balaban J connectivity index is 1.77. The number of nitrogens with zero attached hydrogens (tertiary/aromatic N) is 1. The zero-order chi connectivity index (χ0) is 22.8. The van der Waals surface area contributed by atoms with Gasteiger partial charge in [-0.05, 0) is 69.5 Å². The predicted octanol–water partition coefficient (Wildman–Crippen LogP) is 4.01. The van der Waals surface area contributed by atoms with Crippen LogP contribution in [0.4, 0.5) is 0 Å². The summed E-state index contributed by atoms with van der Waals surface area (Å²) in [5.74, 6) is 1.05. The molecule has 3 rings (SSSR count). The number of esters is 1. The van der Waals surface area contributed by atoms with Gasteiger partial charge in [-0.25, -0.2) is 4.79 Å². The Morgan fingerprint density at radius 3 is 2.03 bits per heavy atom. The molecule has 6 nitrogen and oxygen atoms in total. The van der Waals surface area contributed by atoms with Gasteiger partial charge in [0.15, 0.2) is 0 Å². The summed E-state index contributed by atoms with van der Waals surface area (Å²) in [4.78, 5) is 27.4. The molecule has 0 N–H and O–H groups in total. The maximum absolute atomic E-state index is 13.2. The number of methoxy groups -OCH3 is 2. The molecule has 0 spiro atoms. The van der Waals surface area contributed by atoms with Gasteiger partial charge < -0.3 is 19.1 Å². The van der Waals surface area contributed by atoms with E-state index < -0.39 is 17.4 Å². The summed E-state index contributed by atoms with van der Waals surface area (Å²) in [5, 5.41) is 0. The van der Waals surface area contributed by atoms with Crippen molar-refractivity contribution in [3.63, 3.8) is 0 Å². The fraction of sp³-hybridized carbons (Fsp3) is 0.440. The largest absolute Gasteiger partial charge is 0.497 e. The maximum atomic E-state index is 13.2. The topological polar surface area (TPSA) is 65.1 Å². The van der Waals surface area contributed by atoms with Crippen LogP contribution in [0.5, 0.6) is 11.5 Å². The van der Waals surface area contributed by atoms with Gasteiger partial charge in [-0.1, -0.05) is 24.3 Å². The van der Waals surface area contributed by atoms with Crippen LogP contribution in [0.15, 0.2) is 48.5 Å². The van der Waals surface area contributed by atoms with Gasteiger partial charge in [-0.15, -0.1) is 0 Å². The summed E-state index contributed by atoms with van der Waals surface area (Å²) in [5.41, 5.74) is 0.755. The van der Waals surface area contributed by atoms with E-state index in [1.807, 2.05) is 76.2 Å². The SMILES string of the molecule is COC(=O)[C@H]1N(Cc2ccc(OC)cc2)C(=O)[C@@]1(C)Cc1ccc(OC(C)(C)C)cc1. The Morgan fingerprint density at radius 1 is 0.968 bits per heavy atom. The molecule has 1 fully saturated rings. The number of rotatable bonds is 7. The Morgan fingerprint density at radius 2 is 1.52 bits per heavy atom. The van der Waals surface area contributed by atoms with E-state index in [0.717, 1.165) is 22.6 Å². The predicted molar refractivity (Wildman–Crippen MR) is 118 cm³/mol. The molecule has 0 bridgehead atoms. The molecular weight excluding hydrogens is 394 g/mol. The van der Waals surface area contributed by atoms with Gasteiger partial charge in [-0.3, -0.25) is 4.79 Å². The van der Waals surface area contributed by atoms with Crippen molar-refractivity contribution in [1.82, 2.24) is 4.90 Å². The number of carbonyl (C=O) groups is 2. The number of carbonyl (C=O) groups excluding carboxylic acids is 2. The van der Waals surface area contributed by atoms with Crippen LogP contribution in [0, 0.1) is 5.41 Å². The lowest BCUT2D eigenvalue weighted by atomic mass is 9.68. The molecule has 1 aliphatic rings. The summed E-state index contributed by atoms with van der Waals surface area (Å²) in [6.07, 6.45) is 0.445. The zero-order valence-electron chi connectivity index (χ0n) is 19.1. The number of hydrogen-bond donors (Lipinski definition) is 0. The van der Waals surface area contributed by atoms with E-state index >= 15 is 0 Å². The van der Waals surface area contributed by atoms with E-state index in [-0.39, 0.29) is 11.5 Å². The van der Waals surface area contributed by atoms with Crippen molar-refractivity contribution >= 4 is 11.9 Å². The minimum Gasteiger partial charge on any atom is -0.497 e. The van der Waals surface area contributed by atoms with Crippen molar-refractivity contribution in [3.8, 4) is 11.5 Å². The fourth-order valence-corrected chi connectivity index (χ4v) is 4.06. The van der Waals surface area contributed by atoms with E-state index in [0.29, 0.717) is 13.0 Å². The van der Waals surface area contributed by atoms with Crippen LogP contribution in [-0.4, -0.2) is 42.6 Å². The van der Waals surface area contributed by atoms with E-state index in [4.69, 9.17) is 14.2 Å². The second-order valence-corrected chi connectivity index (χ2v) is 9.16. The summed E-state index contributed by atoms with van der Waals surface area (Å²) >= 11 is 0. The Kier molecular flexibility index (Phi) is 6.30. The smallest absolute Gasteiger partial charge is 0.329 e. The quantitative estimate of drug-likeness (QED) is 0.495. The van der Waals surface area contributed by atoms with E-state index in [1.54, 1.807) is 12.0 Å². The van der Waals surface area contributed by atoms with Crippen LogP contribution in [-0.2, 0) is 27.3 Å². The van der Waals surface area contributed by atoms with E-state index in [9.17, 15) is 9.59 Å². The number of hydrogen-bond acceptors (Lipinski definition) is 5. The molecule has 31 heavy (non-hydrogen) atoms. The van der Waals surface area contributed by atoms with Crippen molar-refractivity contribution < 1.29 is 23.8 Å². The molecule has 2 aromatic carbocycles. The number of likely N-dealkylation sites (tertiary alicyclic amines) is 1. The number of β-lactam (4-membered cyclic amide) rings is 1. The minimum atomic E-state index is -0.855. The molecule has 166 valence electrons. The lowest BCUT2D eigenvalue weighted by Crippen LogP contribution is -2.71. The Labute approximate surface area is 184 Å². The fourth-order valence-electron chi connectivity index (χ4n) is 4.06. The zero-order valence-corrected chi connectivity index (χ0v) is 19.1. The molecule has 0 radical (unpaired) electrons. The minimum absolute atomic E-state index is 0.0614. The Hall–Kier alpha value is -3.02. The molecule has 6 heteroatoms. The van der Waals surface area contributed by atoms with Gasteiger partial charge in [0.05, 0.1) is 19.6 Å². The van der Waals surface area contributed by atoms with Gasteiger partial charge in [0.25, 0.3) is 0 Å². The third-order valence-electron chi connectivity index (χ3n) is 5.52. The monoisotopic (exact) mass is 425 g/mol. The highest BCUT2D eigenvalue weighted by Crippen LogP contribution is 2.43. The highest BCUT2D eigenvalue weighted by Gasteiger charge is 2.61. The van der Waals surface area contributed by atoms with Crippen molar-refractivity contribution in [2.24, 2.45) is 5.41 Å². The molecule has 0 aromatic heterocycles. The first-order chi connectivity index (χ1) is 14.6. The highest BCUT2D eigenvalue weighted by atomic mass is 16.5. The molecule has 0 saturated carbocycles. The first kappa shape index (κ1) is 22.7. The molecule has 0 aliphatic carbocycles. The molecule has 1 aliphatic heterocycles. The average molecular weight is 426 g/mol. The van der Waals surface area contributed by atoms with Gasteiger partial charge in [0, 0.05) is 6.54 Å². The summed E-state index contributed by atoms with van der Waals surface area (Å²) in [6.45, 7) is 8.16. The molecule has 1 saturated heterocycles. The molecule has 0 unspecified atom stereocenters. The summed E-state index contributed by atoms with van der Waals surface area (Å²) < 4.78 is 16.1. The van der Waals surface area contributed by atoms with Crippen LogP contribution >= 0.6 is 0 Å². The van der Waals surface area contributed by atoms with E-state index in [2.05, 4.69) is 0 Å². The molecule has 2 aromatic rings. The Bertz CT molecular complexity index is 930. The standard InChI is InChI=1S/C25H31NO5/c1-24(2,3)31-20-13-7-17(8-14-20)15-25(4)21(22(27)30-6)26(23(25)28)16-18-9-11-19(29-5)12-10-18/h7-14,21H,15-16H2,1-6H3/t21-,25+/m1/s1. The second-order valence-electron chi connectivity index (χ2n) is 9.16. The van der Waals surface area contributed by atoms with Crippen molar-refractivity contribution in [1.29, 1.82) is 0 Å². The first-order valence-electron chi connectivity index (χ1n) is 10.4. The third kappa shape index (κ3) is 4.84. The summed E-state index contributed by atoms with van der Waals surface area (Å²) in [7, 11) is 2.96. The number of benzene rings is 2. The van der Waals surface area contributed by atoms with Crippen LogP contribution in [0.25, 0.3) is 0 Å². The van der Waals surface area contributed by atoms with Crippen molar-refractivity contribution in [2.75, 3.05) is 14.2 Å². The first-order valence-corrected chi connectivity index (χ1v) is 10.4. The van der Waals surface area contributed by atoms with Crippen LogP contribution in [0.2, 0.25) is 0 Å². The molecule has 1 heterocycles. The molecular formula is C25H31NO5. The van der Waals surface area contributed by atoms with Crippen molar-refractivity contribution in [2.45, 2.75) is 52.3 Å². The van der Waals surface area contributed by atoms with Crippen LogP contribution in [0.1, 0.15) is 38.8 Å². The second kappa shape index (κ2) is 8.61. The van der Waals surface area contributed by atoms with Gasteiger partial charge in [0.2, 0.25) is 5.91 Å². The lowest BCUT2D eigenvalue weighted by Gasteiger charge is -2.53. The summed E-state index contributed by atoms with van der Waals surface area (Å²) in [6, 6.07) is 14.5. The van der Waals surface area contributed by atoms with Crippen LogP contribution in [0.3, 0.4) is 0 Å². The maximum Gasteiger partial charge on any atom is 0.329 e. The van der Waals surface area contributed by atoms with Crippen LogP contribution < -0.4 is 9.47 Å². The van der Waals surface area contributed by atoms with Gasteiger partial charge in [-0.2, -0.15) is 0 Å². The van der Waals surface area contributed by atoms with Gasteiger partial charge >= 0.3 is 5.97 Å². The lowest BCUT2D eigenvalue weighted by molar-refractivity contribution is -0.185. The van der Waals surface area contributed by atoms with Gasteiger partial charge in [0.1, 0.15) is 23.1 Å². The van der Waals surface area contributed by atoms with Crippen molar-refractivity contribution in [3.05, 3.63) is 59.7 Å².